The summed E-state index contributed by atoms with van der Waals surface area (Å²) in [4.78, 5) is 38.0. The lowest BCUT2D eigenvalue weighted by molar-refractivity contribution is -0.160. The molecule has 1 aliphatic heterocycles. The van der Waals surface area contributed by atoms with E-state index in [4.69, 9.17) is 23.7 Å². The molecule has 4 atom stereocenters. The number of hydrogen-bond donors (Lipinski definition) is 1. The zero-order chi connectivity index (χ0) is 30.4. The van der Waals surface area contributed by atoms with Gasteiger partial charge < -0.3 is 23.7 Å². The molecule has 0 aliphatic carbocycles. The van der Waals surface area contributed by atoms with E-state index in [-0.39, 0.29) is 67.4 Å². The highest BCUT2D eigenvalue weighted by molar-refractivity contribution is 14.1. The van der Waals surface area contributed by atoms with Crippen molar-refractivity contribution in [3.63, 3.8) is 0 Å². The predicted molar refractivity (Wildman–Crippen MR) is 158 cm³/mol. The number of aromatic nitrogens is 4. The van der Waals surface area contributed by atoms with Crippen molar-refractivity contribution in [2.75, 3.05) is 25.6 Å². The Morgan fingerprint density at radius 2 is 1.93 bits per heavy atom. The fraction of sp³-hybridized carbons (Fsp3) is 0.536. The SMILES string of the molecule is COCC(F)(I)O[C@@H]1C[C@@H](COC(=O)C(C)C)O[C@H]1n1cnc2c(OCc3ccccc3)nc(NC(=O)C(C)C)nc21. The number of nitrogens with zero attached hydrogens (tertiary/aromatic N) is 4. The lowest BCUT2D eigenvalue weighted by Crippen LogP contribution is -2.34. The highest BCUT2D eigenvalue weighted by Gasteiger charge is 2.44. The van der Waals surface area contributed by atoms with Gasteiger partial charge in [-0.25, -0.2) is 4.98 Å². The molecule has 12 nitrogen and oxygen atoms in total. The van der Waals surface area contributed by atoms with Gasteiger partial charge in [0, 0.05) is 19.4 Å². The van der Waals surface area contributed by atoms with Crippen LogP contribution in [0.5, 0.6) is 5.88 Å². The van der Waals surface area contributed by atoms with Crippen LogP contribution in [0.25, 0.3) is 11.2 Å². The molecule has 1 saturated heterocycles. The van der Waals surface area contributed by atoms with E-state index in [1.165, 1.54) is 36.0 Å². The van der Waals surface area contributed by atoms with Crippen LogP contribution in [0.3, 0.4) is 0 Å². The first-order chi connectivity index (χ1) is 20.0. The zero-order valence-corrected chi connectivity index (χ0v) is 26.2. The average molecular weight is 700 g/mol. The second kappa shape index (κ2) is 14.0. The van der Waals surface area contributed by atoms with E-state index in [0.717, 1.165) is 5.56 Å². The molecule has 1 aliphatic rings. The third kappa shape index (κ3) is 8.11. The Kier molecular flexibility index (Phi) is 10.7. The summed E-state index contributed by atoms with van der Waals surface area (Å²) in [7, 11) is 1.37. The number of esters is 1. The van der Waals surface area contributed by atoms with E-state index in [1.807, 2.05) is 30.3 Å². The van der Waals surface area contributed by atoms with E-state index >= 15 is 4.39 Å². The molecule has 3 aromatic rings. The highest BCUT2D eigenvalue weighted by Crippen LogP contribution is 2.39. The van der Waals surface area contributed by atoms with Crippen LogP contribution >= 0.6 is 22.6 Å². The van der Waals surface area contributed by atoms with Crippen LogP contribution in [0, 0.1) is 11.8 Å². The van der Waals surface area contributed by atoms with Crippen LogP contribution < -0.4 is 10.1 Å². The Morgan fingerprint density at radius 1 is 1.19 bits per heavy atom. The molecule has 2 aromatic heterocycles. The van der Waals surface area contributed by atoms with Gasteiger partial charge in [0.15, 0.2) is 17.4 Å². The average Bonchev–Trinajstić information content (AvgIpc) is 3.53. The molecule has 3 heterocycles. The van der Waals surface area contributed by atoms with Gasteiger partial charge in [0.25, 0.3) is 3.86 Å². The van der Waals surface area contributed by atoms with Crippen LogP contribution in [0.2, 0.25) is 0 Å². The third-order valence-electron chi connectivity index (χ3n) is 6.31. The molecule has 0 saturated carbocycles. The van der Waals surface area contributed by atoms with Crippen LogP contribution in [0.15, 0.2) is 36.7 Å². The maximum Gasteiger partial charge on any atom is 0.308 e. The Hall–Kier alpha value is -2.95. The number of nitrogens with one attached hydrogen (secondary N) is 1. The van der Waals surface area contributed by atoms with E-state index in [9.17, 15) is 9.59 Å². The number of imidazole rings is 1. The van der Waals surface area contributed by atoms with E-state index in [2.05, 4.69) is 20.3 Å². The number of amides is 1. The number of halogens is 2. The first kappa shape index (κ1) is 32.0. The number of carbonyl (C=O) groups is 2. The summed E-state index contributed by atoms with van der Waals surface area (Å²) in [5.74, 6) is -1.14. The van der Waals surface area contributed by atoms with Crippen LogP contribution in [-0.4, -0.2) is 67.8 Å². The van der Waals surface area contributed by atoms with Gasteiger partial charge in [-0.3, -0.25) is 19.5 Å². The number of methoxy groups -OCH3 is 1. The standard InChI is InChI=1S/C28H35FIN5O7/c1-16(2)23(36)33-27-32-22-21(24(34-27)39-12-18-9-7-6-8-10-18)31-15-35(22)25-20(42-28(29,30)14-38-5)11-19(41-25)13-40-26(37)17(3)4/h6-10,15-17,19-20,25H,11-14H2,1-5H3,(H,32,33,34,36)/t19-,20+,25+,28?/m0/s1. The number of fused-ring (bicyclic) bond motifs is 1. The van der Waals surface area contributed by atoms with Crippen molar-refractivity contribution in [3.05, 3.63) is 42.2 Å². The maximum atomic E-state index is 15.2. The molecule has 14 heteroatoms. The van der Waals surface area contributed by atoms with Crippen LogP contribution in [-0.2, 0) is 35.1 Å². The molecule has 1 fully saturated rings. The van der Waals surface area contributed by atoms with Crippen LogP contribution in [0.1, 0.15) is 45.9 Å². The molecule has 1 N–H and O–H groups in total. The summed E-state index contributed by atoms with van der Waals surface area (Å²) in [6, 6.07) is 9.51. The Bertz CT molecular complexity index is 1370. The molecule has 228 valence electrons. The molecular weight excluding hydrogens is 664 g/mol. The summed E-state index contributed by atoms with van der Waals surface area (Å²) in [6.07, 6.45) is -0.654. The maximum absolute atomic E-state index is 15.2. The predicted octanol–water partition coefficient (Wildman–Crippen LogP) is 4.58. The van der Waals surface area contributed by atoms with Crippen molar-refractivity contribution in [1.82, 2.24) is 19.5 Å². The summed E-state index contributed by atoms with van der Waals surface area (Å²) < 4.78 is 43.1. The van der Waals surface area contributed by atoms with Crippen molar-refractivity contribution in [2.24, 2.45) is 11.8 Å². The Labute approximate surface area is 256 Å². The van der Waals surface area contributed by atoms with Gasteiger partial charge in [-0.2, -0.15) is 14.4 Å². The molecule has 1 amide bonds. The number of alkyl halides is 2. The van der Waals surface area contributed by atoms with Gasteiger partial charge in [-0.15, -0.1) is 0 Å². The third-order valence-corrected chi connectivity index (χ3v) is 6.87. The smallest absolute Gasteiger partial charge is 0.308 e. The Balaban J connectivity index is 1.70. The molecule has 0 radical (unpaired) electrons. The van der Waals surface area contributed by atoms with Gasteiger partial charge in [-0.05, 0) is 28.2 Å². The summed E-state index contributed by atoms with van der Waals surface area (Å²) in [5, 5.41) is 2.71. The summed E-state index contributed by atoms with van der Waals surface area (Å²) >= 11 is 1.53. The van der Waals surface area contributed by atoms with Crippen molar-refractivity contribution in [2.45, 2.75) is 63.0 Å². The van der Waals surface area contributed by atoms with Gasteiger partial charge in [0.05, 0.1) is 18.3 Å². The minimum atomic E-state index is -2.16. The lowest BCUT2D eigenvalue weighted by Gasteiger charge is -2.26. The van der Waals surface area contributed by atoms with E-state index in [0.29, 0.717) is 5.52 Å². The minimum Gasteiger partial charge on any atom is -0.471 e. The number of benzene rings is 1. The highest BCUT2D eigenvalue weighted by atomic mass is 127. The van der Waals surface area contributed by atoms with E-state index < -0.39 is 22.3 Å². The number of anilines is 1. The molecule has 0 spiro atoms. The zero-order valence-electron chi connectivity index (χ0n) is 24.1. The van der Waals surface area contributed by atoms with Crippen molar-refractivity contribution < 1.29 is 37.7 Å². The molecule has 1 unspecified atom stereocenters. The largest absolute Gasteiger partial charge is 0.471 e. The van der Waals surface area contributed by atoms with Crippen molar-refractivity contribution >= 4 is 51.6 Å². The fourth-order valence-corrected chi connectivity index (χ4v) is 4.79. The topological polar surface area (TPSA) is 136 Å². The molecule has 1 aromatic carbocycles. The molecule has 0 bridgehead atoms. The second-order valence-electron chi connectivity index (χ2n) is 10.5. The van der Waals surface area contributed by atoms with Gasteiger partial charge in [0.1, 0.15) is 25.9 Å². The quantitative estimate of drug-likeness (QED) is 0.154. The lowest BCUT2D eigenvalue weighted by atomic mass is 10.2. The summed E-state index contributed by atoms with van der Waals surface area (Å²) in [6.45, 7) is 6.80. The first-order valence-electron chi connectivity index (χ1n) is 13.6. The molecule has 4 rings (SSSR count). The number of carbonyl (C=O) groups excluding carboxylic acids is 2. The van der Waals surface area contributed by atoms with Crippen LogP contribution in [0.4, 0.5) is 10.3 Å². The second-order valence-corrected chi connectivity index (χ2v) is 12.1. The van der Waals surface area contributed by atoms with Crippen molar-refractivity contribution in [1.29, 1.82) is 0 Å². The monoisotopic (exact) mass is 699 g/mol. The Morgan fingerprint density at radius 3 is 2.60 bits per heavy atom. The molecular formula is C28H35FIN5O7. The summed E-state index contributed by atoms with van der Waals surface area (Å²) in [5.41, 5.74) is 1.49. The minimum absolute atomic E-state index is 0.0111. The fourth-order valence-electron chi connectivity index (χ4n) is 4.15. The van der Waals surface area contributed by atoms with Gasteiger partial charge >= 0.3 is 5.97 Å². The number of hydrogen-bond acceptors (Lipinski definition) is 10. The van der Waals surface area contributed by atoms with E-state index in [1.54, 1.807) is 32.3 Å². The number of ether oxygens (including phenoxy) is 5. The molecule has 42 heavy (non-hydrogen) atoms. The normalized spacial score (nSPS) is 20.2. The van der Waals surface area contributed by atoms with Gasteiger partial charge in [0.2, 0.25) is 17.7 Å². The number of rotatable bonds is 13. The van der Waals surface area contributed by atoms with Gasteiger partial charge in [-0.1, -0.05) is 58.0 Å². The van der Waals surface area contributed by atoms with Crippen molar-refractivity contribution in [3.8, 4) is 5.88 Å². The first-order valence-corrected chi connectivity index (χ1v) is 14.6.